The Morgan fingerprint density at radius 1 is 1.09 bits per heavy atom. The van der Waals surface area contributed by atoms with Crippen LogP contribution in [0.15, 0.2) is 58.5 Å². The Hall–Kier alpha value is -4.36. The molecule has 1 aliphatic carbocycles. The van der Waals surface area contributed by atoms with Gasteiger partial charge in [0.25, 0.3) is 5.91 Å². The van der Waals surface area contributed by atoms with Crippen molar-refractivity contribution in [1.29, 1.82) is 0 Å². The predicted molar refractivity (Wildman–Crippen MR) is 159 cm³/mol. The molecule has 0 saturated carbocycles. The number of alkyl carbamates (subject to hydrolysis) is 1. The second-order valence-electron chi connectivity index (χ2n) is 10.6. The summed E-state index contributed by atoms with van der Waals surface area (Å²) in [5, 5.41) is 4.82. The number of allylic oxidation sites excluding steroid dienone is 5. The largest absolute Gasteiger partial charge is 0.450 e. The molecule has 2 bridgehead atoms. The summed E-state index contributed by atoms with van der Waals surface area (Å²) in [6.07, 6.45) is 2.45. The number of nitrogens with one attached hydrogen (secondary N) is 2. The smallest absolute Gasteiger partial charge is 0.411 e. The zero-order valence-electron chi connectivity index (χ0n) is 26.1. The molecule has 0 spiro atoms. The van der Waals surface area contributed by atoms with E-state index in [1.54, 1.807) is 33.8 Å². The van der Waals surface area contributed by atoms with E-state index in [0.717, 1.165) is 6.08 Å². The highest BCUT2D eigenvalue weighted by Gasteiger charge is 2.34. The van der Waals surface area contributed by atoms with Crippen LogP contribution in [0.25, 0.3) is 0 Å². The van der Waals surface area contributed by atoms with Crippen LogP contribution >= 0.6 is 0 Å². The third kappa shape index (κ3) is 9.58. The Kier molecular flexibility index (Phi) is 13.4. The van der Waals surface area contributed by atoms with Gasteiger partial charge in [-0.25, -0.2) is 9.59 Å². The highest BCUT2D eigenvalue weighted by atomic mass is 16.6. The van der Waals surface area contributed by atoms with Crippen LogP contribution in [0.3, 0.4) is 0 Å². The van der Waals surface area contributed by atoms with Crippen molar-refractivity contribution in [1.82, 2.24) is 10.6 Å². The van der Waals surface area contributed by atoms with Gasteiger partial charge in [-0.05, 0) is 45.1 Å². The fraction of sp³-hybridized carbons (Fsp3) is 0.484. The van der Waals surface area contributed by atoms with Crippen LogP contribution in [0, 0.1) is 11.8 Å². The topological polar surface area (TPSA) is 189 Å². The monoisotopic (exact) mass is 615 g/mol. The number of carbonyl (C=O) groups excluding carboxylic acids is 6. The fourth-order valence-electron chi connectivity index (χ4n) is 4.83. The van der Waals surface area contributed by atoms with Crippen LogP contribution in [0.2, 0.25) is 0 Å². The zero-order valence-corrected chi connectivity index (χ0v) is 26.1. The number of methoxy groups -OCH3 is 2. The number of ketones is 3. The maximum atomic E-state index is 13.6. The molecule has 1 aliphatic heterocycles. The first-order valence-corrected chi connectivity index (χ1v) is 14.1. The number of carbonyl (C=O) groups is 6. The summed E-state index contributed by atoms with van der Waals surface area (Å²) < 4.78 is 21.2. The minimum absolute atomic E-state index is 0.0302. The Morgan fingerprint density at radius 3 is 2.36 bits per heavy atom. The molecule has 2 aliphatic rings. The molecule has 3 amide bonds. The number of hydrogen-bond acceptors (Lipinski definition) is 10. The van der Waals surface area contributed by atoms with Gasteiger partial charge in [-0.2, -0.15) is 0 Å². The molecule has 4 N–H and O–H groups in total. The van der Waals surface area contributed by atoms with Gasteiger partial charge in [0.15, 0.2) is 11.9 Å². The number of primary amides is 1. The van der Waals surface area contributed by atoms with Crippen molar-refractivity contribution in [3.05, 3.63) is 58.5 Å². The van der Waals surface area contributed by atoms with Crippen molar-refractivity contribution in [2.45, 2.75) is 65.8 Å². The van der Waals surface area contributed by atoms with Crippen LogP contribution in [0.1, 0.15) is 47.5 Å². The number of rotatable bonds is 5. The summed E-state index contributed by atoms with van der Waals surface area (Å²) in [6.45, 7) is 8.21. The summed E-state index contributed by atoms with van der Waals surface area (Å²) in [5.74, 6) is -3.42. The van der Waals surface area contributed by atoms with E-state index in [-0.39, 0.29) is 47.8 Å². The van der Waals surface area contributed by atoms with Gasteiger partial charge in [-0.15, -0.1) is 0 Å². The van der Waals surface area contributed by atoms with E-state index in [1.165, 1.54) is 39.4 Å². The molecule has 0 aromatic heterocycles. The number of hydrogen-bond donors (Lipinski definition) is 3. The third-order valence-corrected chi connectivity index (χ3v) is 7.09. The first-order chi connectivity index (χ1) is 20.7. The molecular formula is C31H41N3O10. The summed E-state index contributed by atoms with van der Waals surface area (Å²) in [5.41, 5.74) is 5.39. The lowest BCUT2D eigenvalue weighted by Crippen LogP contribution is -2.38. The summed E-state index contributed by atoms with van der Waals surface area (Å²) in [6, 6.07) is 0. The first-order valence-electron chi connectivity index (χ1n) is 14.1. The highest BCUT2D eigenvalue weighted by molar-refractivity contribution is 6.24. The van der Waals surface area contributed by atoms with Crippen molar-refractivity contribution in [3.8, 4) is 0 Å². The quantitative estimate of drug-likeness (QED) is 0.306. The Labute approximate surface area is 256 Å². The molecule has 13 nitrogen and oxygen atoms in total. The number of nitrogens with two attached hydrogens (primary N) is 1. The van der Waals surface area contributed by atoms with Crippen LogP contribution in [-0.2, 0) is 38.1 Å². The number of fused-ring (bicyclic) bond motifs is 2. The molecule has 2 rings (SSSR count). The molecular weight excluding hydrogens is 574 g/mol. The minimum Gasteiger partial charge on any atom is -0.450 e. The van der Waals surface area contributed by atoms with E-state index >= 15 is 0 Å². The molecule has 0 saturated heterocycles. The fourth-order valence-corrected chi connectivity index (χ4v) is 4.83. The van der Waals surface area contributed by atoms with E-state index in [9.17, 15) is 28.8 Å². The van der Waals surface area contributed by atoms with Crippen LogP contribution in [0.5, 0.6) is 0 Å². The minimum atomic E-state index is -1.05. The molecule has 13 heteroatoms. The molecule has 240 valence electrons. The average Bonchev–Trinajstić information content (AvgIpc) is 2.96. The van der Waals surface area contributed by atoms with Gasteiger partial charge in [0, 0.05) is 37.4 Å². The summed E-state index contributed by atoms with van der Waals surface area (Å²) in [4.78, 5) is 77.0. The Balaban J connectivity index is 2.65. The van der Waals surface area contributed by atoms with Crippen molar-refractivity contribution in [2.75, 3.05) is 20.8 Å². The van der Waals surface area contributed by atoms with Gasteiger partial charge in [0.2, 0.25) is 11.6 Å². The lowest BCUT2D eigenvalue weighted by Gasteiger charge is -2.26. The van der Waals surface area contributed by atoms with Crippen LogP contribution in [0.4, 0.5) is 9.59 Å². The SMILES string of the molecule is CCOC(=O)NC1=C2C[C@@H](C)C[C@H](OC)C(=O)[C@@H](C)/C=C(\C)[C@H](OC(N)=O)[C@@H](OC)/C=C\C=C(/C)C(=O)NC(=CC1=O)C2=O. The van der Waals surface area contributed by atoms with Crippen molar-refractivity contribution in [2.24, 2.45) is 17.6 Å². The van der Waals surface area contributed by atoms with Crippen LogP contribution < -0.4 is 16.4 Å². The van der Waals surface area contributed by atoms with Crippen LogP contribution in [-0.4, -0.2) is 74.6 Å². The standard InChI is InChI=1S/C31H41N3O10/c1-8-43-31(40)34-25-20-12-16(2)13-24(42-7)26(36)18(4)14-19(5)28(44-30(32)39)23(41-6)11-9-10-17(3)29(38)33-21(27(20)37)15-22(25)35/h9-11,14-16,18,23-24,28H,8,12-13H2,1-7H3,(H2,32,39)(H,33,38)(H,34,40)/b11-9-,17-10+,19-14+/t16-,18+,23+,24+,28+/m1/s1. The molecule has 0 aromatic carbocycles. The zero-order chi connectivity index (χ0) is 33.1. The van der Waals surface area contributed by atoms with Gasteiger partial charge in [0.05, 0.1) is 18.0 Å². The lowest BCUT2D eigenvalue weighted by atomic mass is 9.85. The van der Waals surface area contributed by atoms with E-state index in [1.807, 2.05) is 0 Å². The van der Waals surface area contributed by atoms with Gasteiger partial charge in [-0.1, -0.05) is 38.2 Å². The third-order valence-electron chi connectivity index (χ3n) is 7.09. The normalized spacial score (nSPS) is 29.0. The first kappa shape index (κ1) is 35.8. The molecule has 44 heavy (non-hydrogen) atoms. The molecule has 1 heterocycles. The predicted octanol–water partition coefficient (Wildman–Crippen LogP) is 2.72. The van der Waals surface area contributed by atoms with Gasteiger partial charge < -0.3 is 30.0 Å². The molecule has 0 unspecified atom stereocenters. The second kappa shape index (κ2) is 16.5. The highest BCUT2D eigenvalue weighted by Crippen LogP contribution is 2.28. The van der Waals surface area contributed by atoms with E-state index in [4.69, 9.17) is 24.7 Å². The van der Waals surface area contributed by atoms with Gasteiger partial charge >= 0.3 is 12.2 Å². The van der Waals surface area contributed by atoms with E-state index in [2.05, 4.69) is 10.6 Å². The summed E-state index contributed by atoms with van der Waals surface area (Å²) in [7, 11) is 2.77. The van der Waals surface area contributed by atoms with Gasteiger partial charge in [0.1, 0.15) is 12.2 Å². The number of Topliss-reactive ketones (excluding diaryl/α,β-unsaturated/α-hetero) is 2. The average molecular weight is 616 g/mol. The molecule has 0 fully saturated rings. The van der Waals surface area contributed by atoms with Crippen molar-refractivity contribution < 1.29 is 47.7 Å². The van der Waals surface area contributed by atoms with E-state index in [0.29, 0.717) is 5.57 Å². The Bertz CT molecular complexity index is 1320. The number of amides is 3. The lowest BCUT2D eigenvalue weighted by molar-refractivity contribution is -0.132. The Morgan fingerprint density at radius 2 is 1.77 bits per heavy atom. The summed E-state index contributed by atoms with van der Waals surface area (Å²) >= 11 is 0. The second-order valence-corrected chi connectivity index (χ2v) is 10.6. The molecule has 5 atom stereocenters. The number of ether oxygens (including phenoxy) is 4. The molecule has 0 aromatic rings. The maximum Gasteiger partial charge on any atom is 0.411 e. The van der Waals surface area contributed by atoms with Crippen molar-refractivity contribution >= 4 is 35.4 Å². The van der Waals surface area contributed by atoms with Gasteiger partial charge in [-0.3, -0.25) is 24.5 Å². The van der Waals surface area contributed by atoms with Crippen molar-refractivity contribution in [3.63, 3.8) is 0 Å². The molecule has 0 radical (unpaired) electrons. The van der Waals surface area contributed by atoms with E-state index < -0.39 is 59.8 Å². The maximum absolute atomic E-state index is 13.6.